The maximum absolute atomic E-state index is 12.9. The Bertz CT molecular complexity index is 1170. The van der Waals surface area contributed by atoms with Gasteiger partial charge in [-0.2, -0.15) is 0 Å². The van der Waals surface area contributed by atoms with Crippen LogP contribution in [0.5, 0.6) is 0 Å². The summed E-state index contributed by atoms with van der Waals surface area (Å²) in [5.41, 5.74) is 16.3. The van der Waals surface area contributed by atoms with Gasteiger partial charge in [-0.3, -0.25) is 15.0 Å². The number of amides is 1. The van der Waals surface area contributed by atoms with E-state index >= 15 is 0 Å². The first kappa shape index (κ1) is 24.7. The molecule has 7 nitrogen and oxygen atoms in total. The topological polar surface area (TPSA) is 131 Å². The van der Waals surface area contributed by atoms with Crippen molar-refractivity contribution in [2.45, 2.75) is 25.9 Å². The minimum Gasteiger partial charge on any atom is -0.469 e. The summed E-state index contributed by atoms with van der Waals surface area (Å²) in [6, 6.07) is 21.9. The summed E-state index contributed by atoms with van der Waals surface area (Å²) >= 11 is 0. The molecule has 0 radical (unpaired) electrons. The van der Waals surface area contributed by atoms with E-state index in [9.17, 15) is 9.59 Å². The van der Waals surface area contributed by atoms with Gasteiger partial charge in [0.1, 0.15) is 5.84 Å². The summed E-state index contributed by atoms with van der Waals surface area (Å²) in [4.78, 5) is 25.4. The van der Waals surface area contributed by atoms with Gasteiger partial charge in [-0.05, 0) is 59.9 Å². The third-order valence-electron chi connectivity index (χ3n) is 5.80. The summed E-state index contributed by atoms with van der Waals surface area (Å²) < 4.78 is 4.99. The molecule has 0 aliphatic carbocycles. The molecule has 7 heteroatoms. The normalized spacial score (nSPS) is 12.4. The largest absolute Gasteiger partial charge is 0.469 e. The van der Waals surface area contributed by atoms with Crippen molar-refractivity contribution < 1.29 is 14.3 Å². The summed E-state index contributed by atoms with van der Waals surface area (Å²) in [7, 11) is 1.33. The number of benzene rings is 3. The van der Waals surface area contributed by atoms with E-state index in [1.165, 1.54) is 7.11 Å². The number of hydrogen-bond acceptors (Lipinski definition) is 5. The number of rotatable bonds is 9. The molecule has 3 aromatic carbocycles. The second-order valence-electron chi connectivity index (χ2n) is 8.19. The summed E-state index contributed by atoms with van der Waals surface area (Å²) in [5, 5.41) is 10.5. The number of carbonyl (C=O) groups is 2. The van der Waals surface area contributed by atoms with Crippen LogP contribution in [0.4, 0.5) is 0 Å². The van der Waals surface area contributed by atoms with Crippen LogP contribution < -0.4 is 16.8 Å². The lowest BCUT2D eigenvalue weighted by atomic mass is 9.92. The molecule has 1 amide bonds. The molecular weight excluding hydrogens is 428 g/mol. The maximum Gasteiger partial charge on any atom is 0.311 e. The number of nitrogens with two attached hydrogens (primary N) is 2. The first-order chi connectivity index (χ1) is 16.3. The molecule has 0 spiro atoms. The highest BCUT2D eigenvalue weighted by atomic mass is 16.5. The first-order valence-corrected chi connectivity index (χ1v) is 11.0. The Morgan fingerprint density at radius 3 is 2.26 bits per heavy atom. The zero-order chi connectivity index (χ0) is 24.7. The van der Waals surface area contributed by atoms with Gasteiger partial charge in [-0.1, -0.05) is 48.5 Å². The SMILES string of the molecule is COC(=O)[C@@H](Cc1cccc(C(=N)N)c1)[C@@H](C)NC(=O)c1ccc(-c2cccc(CN)c2)cc1. The maximum atomic E-state index is 12.9. The third-order valence-corrected chi connectivity index (χ3v) is 5.80. The zero-order valence-electron chi connectivity index (χ0n) is 19.4. The molecule has 0 aromatic heterocycles. The molecule has 0 saturated heterocycles. The minimum absolute atomic E-state index is 0.0454. The average molecular weight is 459 g/mol. The highest BCUT2D eigenvalue weighted by Crippen LogP contribution is 2.22. The van der Waals surface area contributed by atoms with Gasteiger partial charge >= 0.3 is 5.97 Å². The fraction of sp³-hybridized carbons (Fsp3) is 0.222. The number of hydrogen-bond donors (Lipinski definition) is 4. The van der Waals surface area contributed by atoms with E-state index in [4.69, 9.17) is 21.6 Å². The summed E-state index contributed by atoms with van der Waals surface area (Å²) in [6.07, 6.45) is 0.339. The van der Waals surface area contributed by atoms with Crippen LogP contribution in [-0.4, -0.2) is 30.9 Å². The van der Waals surface area contributed by atoms with Crippen molar-refractivity contribution in [2.75, 3.05) is 7.11 Å². The molecule has 0 heterocycles. The van der Waals surface area contributed by atoms with Crippen molar-refractivity contribution in [1.82, 2.24) is 5.32 Å². The van der Waals surface area contributed by atoms with Crippen LogP contribution in [0.25, 0.3) is 11.1 Å². The lowest BCUT2D eigenvalue weighted by Gasteiger charge is -2.23. The highest BCUT2D eigenvalue weighted by Gasteiger charge is 2.28. The fourth-order valence-electron chi connectivity index (χ4n) is 3.82. The van der Waals surface area contributed by atoms with E-state index in [1.54, 1.807) is 37.3 Å². The van der Waals surface area contributed by atoms with Crippen molar-refractivity contribution in [3.05, 3.63) is 95.1 Å². The molecule has 176 valence electrons. The van der Waals surface area contributed by atoms with Gasteiger partial charge in [-0.15, -0.1) is 0 Å². The molecule has 0 saturated carbocycles. The Hall–Kier alpha value is -3.97. The molecule has 3 aromatic rings. The standard InChI is InChI=1S/C27H30N4O3/c1-17(24(27(33)34-2)15-18-5-3-8-23(13-18)25(29)30)31-26(32)21-11-9-20(10-12-21)22-7-4-6-19(14-22)16-28/h3-14,17,24H,15-16,28H2,1-2H3,(H3,29,30)(H,31,32)/t17-,24+/m1/s1. The van der Waals surface area contributed by atoms with E-state index in [1.807, 2.05) is 42.5 Å². The second kappa shape index (κ2) is 11.2. The van der Waals surface area contributed by atoms with Crippen LogP contribution in [-0.2, 0) is 22.5 Å². The predicted molar refractivity (Wildman–Crippen MR) is 133 cm³/mol. The molecule has 0 fully saturated rings. The number of ether oxygens (including phenoxy) is 1. The Balaban J connectivity index is 1.73. The van der Waals surface area contributed by atoms with Gasteiger partial charge in [-0.25, -0.2) is 0 Å². The van der Waals surface area contributed by atoms with Crippen molar-refractivity contribution in [3.63, 3.8) is 0 Å². The fourth-order valence-corrected chi connectivity index (χ4v) is 3.82. The molecule has 0 aliphatic rings. The Morgan fingerprint density at radius 1 is 0.941 bits per heavy atom. The molecule has 34 heavy (non-hydrogen) atoms. The number of carbonyl (C=O) groups excluding carboxylic acids is 2. The van der Waals surface area contributed by atoms with Gasteiger partial charge in [0, 0.05) is 23.7 Å². The van der Waals surface area contributed by atoms with E-state index in [-0.39, 0.29) is 11.7 Å². The smallest absolute Gasteiger partial charge is 0.311 e. The van der Waals surface area contributed by atoms with E-state index in [0.717, 1.165) is 22.3 Å². The highest BCUT2D eigenvalue weighted by molar-refractivity contribution is 5.95. The monoisotopic (exact) mass is 458 g/mol. The number of esters is 1. The van der Waals surface area contributed by atoms with Crippen LogP contribution in [0.3, 0.4) is 0 Å². The third kappa shape index (κ3) is 6.08. The summed E-state index contributed by atoms with van der Waals surface area (Å²) in [5.74, 6) is -1.34. The van der Waals surface area contributed by atoms with E-state index in [0.29, 0.717) is 24.1 Å². The van der Waals surface area contributed by atoms with Gasteiger partial charge < -0.3 is 21.5 Å². The van der Waals surface area contributed by atoms with E-state index in [2.05, 4.69) is 5.32 Å². The number of nitrogens with one attached hydrogen (secondary N) is 2. The number of amidine groups is 1. The van der Waals surface area contributed by atoms with Crippen LogP contribution >= 0.6 is 0 Å². The molecule has 3 rings (SSSR count). The van der Waals surface area contributed by atoms with Crippen LogP contribution in [0.15, 0.2) is 72.8 Å². The minimum atomic E-state index is -0.602. The van der Waals surface area contributed by atoms with Gasteiger partial charge in [0.25, 0.3) is 5.91 Å². The van der Waals surface area contributed by atoms with Gasteiger partial charge in [0.05, 0.1) is 13.0 Å². The Kier molecular flexibility index (Phi) is 8.16. The zero-order valence-corrected chi connectivity index (χ0v) is 19.4. The summed E-state index contributed by atoms with van der Waals surface area (Å²) in [6.45, 7) is 2.24. The molecule has 6 N–H and O–H groups in total. The Labute approximate surface area is 199 Å². The van der Waals surface area contributed by atoms with Crippen LogP contribution in [0.2, 0.25) is 0 Å². The van der Waals surface area contributed by atoms with Crippen LogP contribution in [0, 0.1) is 11.3 Å². The van der Waals surface area contributed by atoms with Crippen molar-refractivity contribution >= 4 is 17.7 Å². The predicted octanol–water partition coefficient (Wildman–Crippen LogP) is 3.25. The Morgan fingerprint density at radius 2 is 1.62 bits per heavy atom. The number of nitrogen functional groups attached to an aromatic ring is 1. The first-order valence-electron chi connectivity index (χ1n) is 11.0. The van der Waals surface area contributed by atoms with Gasteiger partial charge in [0.2, 0.25) is 0 Å². The lowest BCUT2D eigenvalue weighted by Crippen LogP contribution is -2.42. The molecule has 0 unspecified atom stereocenters. The van der Waals surface area contributed by atoms with Crippen molar-refractivity contribution in [1.29, 1.82) is 5.41 Å². The number of methoxy groups -OCH3 is 1. The second-order valence-corrected chi connectivity index (χ2v) is 8.19. The quantitative estimate of drug-likeness (QED) is 0.222. The van der Waals surface area contributed by atoms with Crippen LogP contribution in [0.1, 0.15) is 34.0 Å². The van der Waals surface area contributed by atoms with E-state index < -0.39 is 17.9 Å². The van der Waals surface area contributed by atoms with Gasteiger partial charge in [0.15, 0.2) is 0 Å². The van der Waals surface area contributed by atoms with Crippen molar-refractivity contribution in [2.24, 2.45) is 17.4 Å². The molecule has 2 atom stereocenters. The molecule has 0 bridgehead atoms. The molecular formula is C27H30N4O3. The van der Waals surface area contributed by atoms with Crippen molar-refractivity contribution in [3.8, 4) is 11.1 Å². The molecule has 0 aliphatic heterocycles. The average Bonchev–Trinajstić information content (AvgIpc) is 2.87. The lowest BCUT2D eigenvalue weighted by molar-refractivity contribution is -0.146.